The highest BCUT2D eigenvalue weighted by atomic mass is 32.2. The van der Waals surface area contributed by atoms with Crippen molar-refractivity contribution in [1.29, 1.82) is 0 Å². The van der Waals surface area contributed by atoms with Crippen molar-refractivity contribution in [2.24, 2.45) is 5.92 Å². The monoisotopic (exact) mass is 275 g/mol. The molecule has 1 atom stereocenters. The molecule has 5 heteroatoms. The van der Waals surface area contributed by atoms with E-state index in [-0.39, 0.29) is 29.7 Å². The van der Waals surface area contributed by atoms with Gasteiger partial charge in [-0.25, -0.2) is 0 Å². The van der Waals surface area contributed by atoms with E-state index in [0.717, 1.165) is 0 Å². The van der Waals surface area contributed by atoms with Crippen LogP contribution >= 0.6 is 11.8 Å². The summed E-state index contributed by atoms with van der Waals surface area (Å²) in [6, 6.07) is 0.279. The first-order chi connectivity index (χ1) is 8.18. The average molecular weight is 275 g/mol. The molecule has 1 unspecified atom stereocenters. The SMILES string of the molecule is CC(C)C(SCC(=O)N(C(C)C)C(C)C)C(=O)O. The van der Waals surface area contributed by atoms with E-state index < -0.39 is 11.2 Å². The summed E-state index contributed by atoms with van der Waals surface area (Å²) in [5, 5.41) is 8.55. The minimum absolute atomic E-state index is 0.0110. The maximum absolute atomic E-state index is 12.1. The minimum atomic E-state index is -0.844. The van der Waals surface area contributed by atoms with Gasteiger partial charge < -0.3 is 10.0 Å². The molecule has 1 amide bonds. The largest absolute Gasteiger partial charge is 0.480 e. The summed E-state index contributed by atoms with van der Waals surface area (Å²) in [5.41, 5.74) is 0. The second-order valence-corrected chi connectivity index (χ2v) is 6.43. The summed E-state index contributed by atoms with van der Waals surface area (Å²) < 4.78 is 0. The fourth-order valence-electron chi connectivity index (χ4n) is 1.96. The van der Waals surface area contributed by atoms with Gasteiger partial charge in [-0.3, -0.25) is 9.59 Å². The molecular formula is C13H25NO3S. The predicted octanol–water partition coefficient (Wildman–Crippen LogP) is 2.47. The number of carbonyl (C=O) groups is 2. The van der Waals surface area contributed by atoms with Crippen molar-refractivity contribution < 1.29 is 14.7 Å². The van der Waals surface area contributed by atoms with Crippen LogP contribution in [0.25, 0.3) is 0 Å². The van der Waals surface area contributed by atoms with Gasteiger partial charge in [0, 0.05) is 12.1 Å². The lowest BCUT2D eigenvalue weighted by atomic mass is 10.1. The van der Waals surface area contributed by atoms with Crippen LogP contribution in [0.15, 0.2) is 0 Å². The van der Waals surface area contributed by atoms with Gasteiger partial charge in [-0.2, -0.15) is 0 Å². The van der Waals surface area contributed by atoms with E-state index in [2.05, 4.69) is 0 Å². The number of carboxylic acids is 1. The van der Waals surface area contributed by atoms with Crippen LogP contribution in [0.5, 0.6) is 0 Å². The second-order valence-electron chi connectivity index (χ2n) is 5.30. The first kappa shape index (κ1) is 17.3. The lowest BCUT2D eigenvalue weighted by Crippen LogP contribution is -2.43. The summed E-state index contributed by atoms with van der Waals surface area (Å²) in [6.45, 7) is 11.6. The van der Waals surface area contributed by atoms with E-state index in [1.807, 2.05) is 41.5 Å². The van der Waals surface area contributed by atoms with Crippen LogP contribution < -0.4 is 0 Å². The molecule has 0 aromatic carbocycles. The number of carbonyl (C=O) groups excluding carboxylic acids is 1. The zero-order chi connectivity index (χ0) is 14.5. The maximum atomic E-state index is 12.1. The van der Waals surface area contributed by atoms with Crippen LogP contribution in [0.3, 0.4) is 0 Å². The van der Waals surface area contributed by atoms with Crippen molar-refractivity contribution in [2.45, 2.75) is 58.9 Å². The molecule has 0 aliphatic heterocycles. The van der Waals surface area contributed by atoms with Crippen LogP contribution in [-0.4, -0.2) is 45.0 Å². The molecule has 0 saturated heterocycles. The Balaban J connectivity index is 4.51. The molecule has 0 heterocycles. The molecule has 106 valence electrons. The molecule has 0 aromatic heterocycles. The molecule has 0 aromatic rings. The van der Waals surface area contributed by atoms with Gasteiger partial charge in [0.25, 0.3) is 0 Å². The normalized spacial score (nSPS) is 13.2. The predicted molar refractivity (Wildman–Crippen MR) is 75.8 cm³/mol. The quantitative estimate of drug-likeness (QED) is 0.775. The van der Waals surface area contributed by atoms with Crippen molar-refractivity contribution in [1.82, 2.24) is 4.90 Å². The van der Waals surface area contributed by atoms with Gasteiger partial charge in [0.2, 0.25) is 5.91 Å². The Hall–Kier alpha value is -0.710. The zero-order valence-corrected chi connectivity index (χ0v) is 13.0. The van der Waals surface area contributed by atoms with E-state index in [4.69, 9.17) is 5.11 Å². The molecule has 0 rings (SSSR count). The molecule has 18 heavy (non-hydrogen) atoms. The Labute approximate surface area is 114 Å². The van der Waals surface area contributed by atoms with Crippen LogP contribution in [0.1, 0.15) is 41.5 Å². The molecule has 0 saturated carbocycles. The number of thioether (sulfide) groups is 1. The Morgan fingerprint density at radius 1 is 1.06 bits per heavy atom. The highest BCUT2D eigenvalue weighted by Gasteiger charge is 2.26. The number of amides is 1. The lowest BCUT2D eigenvalue weighted by molar-refractivity contribution is -0.137. The first-order valence-electron chi connectivity index (χ1n) is 6.34. The van der Waals surface area contributed by atoms with Gasteiger partial charge in [-0.05, 0) is 33.6 Å². The fraction of sp³-hybridized carbons (Fsp3) is 0.846. The Morgan fingerprint density at radius 2 is 1.50 bits per heavy atom. The van der Waals surface area contributed by atoms with E-state index in [9.17, 15) is 9.59 Å². The molecule has 1 N–H and O–H groups in total. The van der Waals surface area contributed by atoms with Crippen LogP contribution in [0.2, 0.25) is 0 Å². The van der Waals surface area contributed by atoms with Crippen molar-refractivity contribution in [3.8, 4) is 0 Å². The van der Waals surface area contributed by atoms with Crippen LogP contribution in [0, 0.1) is 5.92 Å². The van der Waals surface area contributed by atoms with Gasteiger partial charge in [-0.1, -0.05) is 13.8 Å². The topological polar surface area (TPSA) is 57.6 Å². The van der Waals surface area contributed by atoms with Gasteiger partial charge in [0.05, 0.1) is 5.75 Å². The van der Waals surface area contributed by atoms with Gasteiger partial charge in [0.1, 0.15) is 5.25 Å². The average Bonchev–Trinajstić information content (AvgIpc) is 2.14. The Kier molecular flexibility index (Phi) is 7.36. The summed E-state index contributed by atoms with van der Waals surface area (Å²) in [6.07, 6.45) is 0. The van der Waals surface area contributed by atoms with Crippen molar-refractivity contribution in [3.63, 3.8) is 0 Å². The second kappa shape index (κ2) is 7.67. The third kappa shape index (κ3) is 5.29. The molecule has 0 radical (unpaired) electrons. The van der Waals surface area contributed by atoms with Crippen LogP contribution in [-0.2, 0) is 9.59 Å². The third-order valence-corrected chi connectivity index (χ3v) is 4.15. The van der Waals surface area contributed by atoms with Gasteiger partial charge >= 0.3 is 5.97 Å². The lowest BCUT2D eigenvalue weighted by Gasteiger charge is -2.31. The van der Waals surface area contributed by atoms with Crippen LogP contribution in [0.4, 0.5) is 0 Å². The summed E-state index contributed by atoms with van der Waals surface area (Å²) in [4.78, 5) is 24.9. The highest BCUT2D eigenvalue weighted by Crippen LogP contribution is 2.21. The number of aliphatic carboxylic acids is 1. The van der Waals surface area contributed by atoms with Gasteiger partial charge in [0.15, 0.2) is 0 Å². The maximum Gasteiger partial charge on any atom is 0.316 e. The molecule has 4 nitrogen and oxygen atoms in total. The number of nitrogens with zero attached hydrogens (tertiary/aromatic N) is 1. The Morgan fingerprint density at radius 3 is 1.78 bits per heavy atom. The summed E-state index contributed by atoms with van der Waals surface area (Å²) in [7, 11) is 0. The van der Waals surface area contributed by atoms with E-state index in [1.165, 1.54) is 11.8 Å². The number of hydrogen-bond donors (Lipinski definition) is 1. The molecule has 0 bridgehead atoms. The van der Waals surface area contributed by atoms with Crippen molar-refractivity contribution >= 4 is 23.6 Å². The zero-order valence-electron chi connectivity index (χ0n) is 12.1. The Bertz CT molecular complexity index is 282. The summed E-state index contributed by atoms with van der Waals surface area (Å²) >= 11 is 1.22. The smallest absolute Gasteiger partial charge is 0.316 e. The minimum Gasteiger partial charge on any atom is -0.480 e. The van der Waals surface area contributed by atoms with Crippen molar-refractivity contribution in [3.05, 3.63) is 0 Å². The molecule has 0 spiro atoms. The number of hydrogen-bond acceptors (Lipinski definition) is 3. The number of carboxylic acid groups (broad SMARTS) is 1. The van der Waals surface area contributed by atoms with E-state index in [1.54, 1.807) is 4.90 Å². The third-order valence-electron chi connectivity index (χ3n) is 2.64. The standard InChI is InChI=1S/C13H25NO3S/c1-8(2)12(13(16)17)18-7-11(15)14(9(3)4)10(5)6/h8-10,12H,7H2,1-6H3,(H,16,17). The number of rotatable bonds is 7. The van der Waals surface area contributed by atoms with Crippen molar-refractivity contribution in [2.75, 3.05) is 5.75 Å². The molecular weight excluding hydrogens is 250 g/mol. The van der Waals surface area contributed by atoms with Gasteiger partial charge in [-0.15, -0.1) is 11.8 Å². The molecule has 0 aliphatic rings. The molecule has 0 fully saturated rings. The van der Waals surface area contributed by atoms with E-state index in [0.29, 0.717) is 0 Å². The molecule has 0 aliphatic carbocycles. The first-order valence-corrected chi connectivity index (χ1v) is 7.38. The summed E-state index contributed by atoms with van der Waals surface area (Å²) in [5.74, 6) is -0.585. The fourth-order valence-corrected chi connectivity index (χ4v) is 2.96. The van der Waals surface area contributed by atoms with E-state index >= 15 is 0 Å². The highest BCUT2D eigenvalue weighted by molar-refractivity contribution is 8.01.